The molecule has 2 aromatic carbocycles. The quantitative estimate of drug-likeness (QED) is 0.457. The largest absolute Gasteiger partial charge is 0.502 e. The van der Waals surface area contributed by atoms with E-state index < -0.39 is 0 Å². The molecule has 174 valence electrons. The Kier molecular flexibility index (Phi) is 6.77. The number of ether oxygens (including phenoxy) is 2. The number of phenolic OH excluding ortho intramolecular Hbond substituents is 1. The maximum atomic E-state index is 14.2. The van der Waals surface area contributed by atoms with Gasteiger partial charge in [-0.2, -0.15) is 0 Å². The molecule has 1 aliphatic rings. The number of allylic oxidation sites excluding steroid dienone is 3. The number of nitrogens with zero attached hydrogens (tertiary/aromatic N) is 1. The Labute approximate surface area is 198 Å². The minimum absolute atomic E-state index is 0.0691. The second-order valence-electron chi connectivity index (χ2n) is 8.16. The number of phenols is 1. The van der Waals surface area contributed by atoms with E-state index in [4.69, 9.17) is 9.47 Å². The van der Waals surface area contributed by atoms with E-state index in [-0.39, 0.29) is 23.8 Å². The van der Waals surface area contributed by atoms with Crippen molar-refractivity contribution in [3.8, 4) is 17.2 Å². The highest BCUT2D eigenvalue weighted by molar-refractivity contribution is 6.05. The average molecular weight is 460 g/mol. The van der Waals surface area contributed by atoms with Crippen molar-refractivity contribution in [2.75, 3.05) is 14.2 Å². The molecule has 0 bridgehead atoms. The summed E-state index contributed by atoms with van der Waals surface area (Å²) in [7, 11) is 2.95. The van der Waals surface area contributed by atoms with Crippen LogP contribution in [0.5, 0.6) is 17.2 Å². The third kappa shape index (κ3) is 4.71. The van der Waals surface area contributed by atoms with Crippen LogP contribution < -0.4 is 9.47 Å². The van der Waals surface area contributed by atoms with Gasteiger partial charge in [0.25, 0.3) is 0 Å². The summed E-state index contributed by atoms with van der Waals surface area (Å²) in [5, 5.41) is 10.2. The van der Waals surface area contributed by atoms with E-state index in [1.165, 1.54) is 26.4 Å². The predicted molar refractivity (Wildman–Crippen MR) is 130 cm³/mol. The van der Waals surface area contributed by atoms with Crippen LogP contribution in [0, 0.1) is 5.82 Å². The maximum Gasteiger partial charge on any atom is 0.200 e. The molecule has 1 aliphatic carbocycles. The Hall–Kier alpha value is -3.93. The van der Waals surface area contributed by atoms with E-state index in [9.17, 15) is 14.3 Å². The summed E-state index contributed by atoms with van der Waals surface area (Å²) in [5.41, 5.74) is 6.07. The third-order valence-corrected chi connectivity index (χ3v) is 6.02. The van der Waals surface area contributed by atoms with Crippen molar-refractivity contribution in [1.29, 1.82) is 0 Å². The Balaban J connectivity index is 1.67. The van der Waals surface area contributed by atoms with Gasteiger partial charge in [0.05, 0.1) is 14.2 Å². The van der Waals surface area contributed by atoms with Gasteiger partial charge in [-0.3, -0.25) is 9.78 Å². The number of ketones is 1. The molecule has 1 N–H and O–H groups in total. The van der Waals surface area contributed by atoms with Gasteiger partial charge >= 0.3 is 0 Å². The van der Waals surface area contributed by atoms with Gasteiger partial charge in [-0.25, -0.2) is 4.39 Å². The highest BCUT2D eigenvalue weighted by Crippen LogP contribution is 2.45. The average Bonchev–Trinajstić information content (AvgIpc) is 3.09. The number of aromatic nitrogens is 1. The summed E-state index contributed by atoms with van der Waals surface area (Å²) in [5.74, 6) is 0.289. The smallest absolute Gasteiger partial charge is 0.200 e. The van der Waals surface area contributed by atoms with Gasteiger partial charge < -0.3 is 14.6 Å². The molecule has 0 radical (unpaired) electrons. The number of methoxy groups -OCH3 is 2. The Bertz CT molecular complexity index is 1270. The van der Waals surface area contributed by atoms with Crippen molar-refractivity contribution >= 4 is 23.0 Å². The summed E-state index contributed by atoms with van der Waals surface area (Å²) >= 11 is 0. The molecule has 5 nitrogen and oxygen atoms in total. The van der Waals surface area contributed by atoms with Gasteiger partial charge in [-0.05, 0) is 89.2 Å². The van der Waals surface area contributed by atoms with E-state index in [1.54, 1.807) is 24.4 Å². The number of halogens is 1. The normalized spacial score (nSPS) is 13.8. The molecule has 34 heavy (non-hydrogen) atoms. The van der Waals surface area contributed by atoms with Crippen LogP contribution in [0.3, 0.4) is 0 Å². The molecule has 0 saturated carbocycles. The maximum absolute atomic E-state index is 14.2. The molecule has 0 fully saturated rings. The van der Waals surface area contributed by atoms with Crippen molar-refractivity contribution in [2.45, 2.75) is 26.2 Å². The van der Waals surface area contributed by atoms with Crippen LogP contribution in [0.4, 0.5) is 4.39 Å². The Morgan fingerprint density at radius 1 is 1.06 bits per heavy atom. The van der Waals surface area contributed by atoms with Crippen LogP contribution in [-0.4, -0.2) is 30.1 Å². The molecule has 0 saturated heterocycles. The molecular formula is C28H26FNO4. The number of rotatable bonds is 8. The van der Waals surface area contributed by atoms with Crippen molar-refractivity contribution in [3.05, 3.63) is 88.5 Å². The highest BCUT2D eigenvalue weighted by atomic mass is 19.1. The number of carbonyl (C=O) groups excluding carboxylic acids is 1. The SMILES string of the molecule is COc1cc(C=C2C(C)=C(CCC(=O)Cc3ccccn3)c3cc(F)ccc32)cc(OC)c1O. The number of carbonyl (C=O) groups is 1. The van der Waals surface area contributed by atoms with Gasteiger partial charge in [-0.1, -0.05) is 12.1 Å². The van der Waals surface area contributed by atoms with Crippen molar-refractivity contribution in [3.63, 3.8) is 0 Å². The number of aromatic hydroxyl groups is 1. The summed E-state index contributed by atoms with van der Waals surface area (Å²) in [4.78, 5) is 16.8. The number of fused-ring (bicyclic) bond motifs is 1. The lowest BCUT2D eigenvalue weighted by Crippen LogP contribution is -2.04. The van der Waals surface area contributed by atoms with E-state index in [1.807, 2.05) is 31.2 Å². The highest BCUT2D eigenvalue weighted by Gasteiger charge is 2.25. The predicted octanol–water partition coefficient (Wildman–Crippen LogP) is 5.86. The number of Topliss-reactive ketones (excluding diaryl/α,β-unsaturated/α-hetero) is 1. The van der Waals surface area contributed by atoms with Crippen LogP contribution in [0.2, 0.25) is 0 Å². The number of hydrogen-bond donors (Lipinski definition) is 1. The molecule has 0 spiro atoms. The van der Waals surface area contributed by atoms with Crippen molar-refractivity contribution < 1.29 is 23.8 Å². The first kappa shape index (κ1) is 23.2. The molecule has 0 aliphatic heterocycles. The lowest BCUT2D eigenvalue weighted by atomic mass is 9.98. The Morgan fingerprint density at radius 2 is 1.79 bits per heavy atom. The van der Waals surface area contributed by atoms with Crippen LogP contribution in [0.15, 0.2) is 60.3 Å². The van der Waals surface area contributed by atoms with Gasteiger partial charge in [0.1, 0.15) is 11.6 Å². The minimum Gasteiger partial charge on any atom is -0.502 e. The van der Waals surface area contributed by atoms with Gasteiger partial charge in [0.15, 0.2) is 11.5 Å². The van der Waals surface area contributed by atoms with Crippen molar-refractivity contribution in [1.82, 2.24) is 4.98 Å². The van der Waals surface area contributed by atoms with E-state index in [0.29, 0.717) is 24.3 Å². The first-order valence-corrected chi connectivity index (χ1v) is 11.0. The molecule has 1 heterocycles. The molecule has 4 rings (SSSR count). The zero-order valence-electron chi connectivity index (χ0n) is 19.4. The van der Waals surface area contributed by atoms with Crippen molar-refractivity contribution in [2.24, 2.45) is 0 Å². The fourth-order valence-electron chi connectivity index (χ4n) is 4.30. The van der Waals surface area contributed by atoms with E-state index in [2.05, 4.69) is 4.98 Å². The molecule has 0 unspecified atom stereocenters. The second kappa shape index (κ2) is 9.91. The zero-order valence-corrected chi connectivity index (χ0v) is 19.4. The summed E-state index contributed by atoms with van der Waals surface area (Å²) in [6, 6.07) is 13.7. The number of hydrogen-bond acceptors (Lipinski definition) is 5. The molecule has 1 aromatic heterocycles. The standard InChI is InChI=1S/C28H26FNO4/c1-17-22(10-8-21(31)16-20-6-4-5-11-30-20)25-15-19(29)7-9-23(25)24(17)12-18-13-26(33-2)28(32)27(14-18)34-3/h4-7,9,11-15,32H,8,10,16H2,1-3H3. The molecular weight excluding hydrogens is 433 g/mol. The third-order valence-electron chi connectivity index (χ3n) is 6.02. The Morgan fingerprint density at radius 3 is 2.44 bits per heavy atom. The fourth-order valence-corrected chi connectivity index (χ4v) is 4.30. The molecule has 6 heteroatoms. The molecule has 0 atom stereocenters. The van der Waals surface area contributed by atoms with Crippen LogP contribution in [-0.2, 0) is 11.2 Å². The van der Waals surface area contributed by atoms with Crippen LogP contribution in [0.25, 0.3) is 17.2 Å². The number of benzene rings is 2. The van der Waals surface area contributed by atoms with E-state index in [0.717, 1.165) is 39.1 Å². The number of pyridine rings is 1. The van der Waals surface area contributed by atoms with Gasteiger partial charge in [0.2, 0.25) is 5.75 Å². The lowest BCUT2D eigenvalue weighted by Gasteiger charge is -2.11. The van der Waals surface area contributed by atoms with Gasteiger partial charge in [0, 0.05) is 24.7 Å². The summed E-state index contributed by atoms with van der Waals surface area (Å²) < 4.78 is 24.7. The molecule has 0 amide bonds. The van der Waals surface area contributed by atoms with Gasteiger partial charge in [-0.15, -0.1) is 0 Å². The topological polar surface area (TPSA) is 68.7 Å². The zero-order chi connectivity index (χ0) is 24.2. The van der Waals surface area contributed by atoms with Crippen LogP contribution >= 0.6 is 0 Å². The van der Waals surface area contributed by atoms with Crippen LogP contribution in [0.1, 0.15) is 42.1 Å². The first-order chi connectivity index (χ1) is 16.4. The lowest BCUT2D eigenvalue weighted by molar-refractivity contribution is -0.118. The second-order valence-corrected chi connectivity index (χ2v) is 8.16. The summed E-state index contributed by atoms with van der Waals surface area (Å²) in [6.45, 7) is 1.98. The minimum atomic E-state index is -0.321. The monoisotopic (exact) mass is 459 g/mol. The van der Waals surface area contributed by atoms with E-state index >= 15 is 0 Å². The first-order valence-electron chi connectivity index (χ1n) is 11.0. The molecule has 3 aromatic rings. The fraction of sp³-hybridized carbons (Fsp3) is 0.214. The summed E-state index contributed by atoms with van der Waals surface area (Å²) in [6.07, 6.45) is 4.76.